The molecule has 0 unspecified atom stereocenters. The van der Waals surface area contributed by atoms with Gasteiger partial charge >= 0.3 is 0 Å². The van der Waals surface area contributed by atoms with Crippen LogP contribution in [0.15, 0.2) is 30.5 Å². The van der Waals surface area contributed by atoms with Gasteiger partial charge in [-0.15, -0.1) is 0 Å². The maximum atomic E-state index is 12.2. The van der Waals surface area contributed by atoms with Crippen LogP contribution in [0.4, 0.5) is 17.3 Å². The molecule has 11 heteroatoms. The summed E-state index contributed by atoms with van der Waals surface area (Å²) in [7, 11) is 3.53. The molecule has 130 valence electrons. The number of nitro benzene ring substituents is 2. The fraction of sp³-hybridized carbons (Fsp3) is 0.214. The van der Waals surface area contributed by atoms with Gasteiger partial charge in [-0.25, -0.2) is 9.97 Å². The fourth-order valence-electron chi connectivity index (χ4n) is 1.91. The number of anilines is 1. The third kappa shape index (κ3) is 4.43. The van der Waals surface area contributed by atoms with E-state index in [0.29, 0.717) is 11.6 Å². The Morgan fingerprint density at radius 3 is 2.28 bits per heavy atom. The number of nitro groups is 2. The normalized spacial score (nSPS) is 10.2. The molecule has 2 rings (SSSR count). The predicted molar refractivity (Wildman–Crippen MR) is 87.3 cm³/mol. The molecule has 1 amide bonds. The first-order chi connectivity index (χ1) is 11.8. The quantitative estimate of drug-likeness (QED) is 0.608. The van der Waals surface area contributed by atoms with E-state index < -0.39 is 27.1 Å². The Balaban J connectivity index is 2.19. The smallest absolute Gasteiger partial charge is 0.277 e. The van der Waals surface area contributed by atoms with Crippen LogP contribution in [0.2, 0.25) is 0 Å². The van der Waals surface area contributed by atoms with E-state index in [1.807, 2.05) is 0 Å². The molecule has 0 saturated heterocycles. The SMILES string of the molecule is CN(C)c1nccc(CNC(=O)c2cc([N+](=O)[O-])cc([N+](=O)[O-])c2)n1. The van der Waals surface area contributed by atoms with Crippen molar-refractivity contribution in [1.82, 2.24) is 15.3 Å². The Morgan fingerprint density at radius 2 is 1.76 bits per heavy atom. The summed E-state index contributed by atoms with van der Waals surface area (Å²) in [6.45, 7) is 0.0404. The van der Waals surface area contributed by atoms with Crippen LogP contribution in [-0.4, -0.2) is 39.8 Å². The first-order valence-corrected chi connectivity index (χ1v) is 6.99. The monoisotopic (exact) mass is 346 g/mol. The van der Waals surface area contributed by atoms with Gasteiger partial charge in [0.2, 0.25) is 5.95 Å². The minimum atomic E-state index is -0.794. The molecule has 1 aromatic heterocycles. The second kappa shape index (κ2) is 7.29. The zero-order chi connectivity index (χ0) is 18.6. The maximum Gasteiger partial charge on any atom is 0.277 e. The molecule has 2 aromatic rings. The second-order valence-electron chi connectivity index (χ2n) is 5.18. The number of hydrogen-bond donors (Lipinski definition) is 1. The molecule has 1 aromatic carbocycles. The molecule has 1 N–H and O–H groups in total. The van der Waals surface area contributed by atoms with Gasteiger partial charge in [0.1, 0.15) is 0 Å². The van der Waals surface area contributed by atoms with Crippen LogP contribution >= 0.6 is 0 Å². The standard InChI is InChI=1S/C14H14N6O5/c1-18(2)14-15-4-3-10(17-14)8-16-13(21)9-5-11(19(22)23)7-12(6-9)20(24)25/h3-7H,8H2,1-2H3,(H,16,21). The summed E-state index contributed by atoms with van der Waals surface area (Å²) >= 11 is 0. The summed E-state index contributed by atoms with van der Waals surface area (Å²) in [6.07, 6.45) is 1.53. The van der Waals surface area contributed by atoms with E-state index in [1.54, 1.807) is 25.1 Å². The zero-order valence-electron chi connectivity index (χ0n) is 13.4. The minimum absolute atomic E-state index is 0.0404. The van der Waals surface area contributed by atoms with Gasteiger partial charge in [-0.1, -0.05) is 0 Å². The van der Waals surface area contributed by atoms with Crippen molar-refractivity contribution in [3.05, 3.63) is 61.9 Å². The van der Waals surface area contributed by atoms with E-state index in [2.05, 4.69) is 15.3 Å². The molecular weight excluding hydrogens is 332 g/mol. The highest BCUT2D eigenvalue weighted by atomic mass is 16.6. The number of hydrogen-bond acceptors (Lipinski definition) is 8. The van der Waals surface area contributed by atoms with Crippen molar-refractivity contribution in [2.24, 2.45) is 0 Å². The van der Waals surface area contributed by atoms with Crippen LogP contribution < -0.4 is 10.2 Å². The summed E-state index contributed by atoms with van der Waals surface area (Å²) < 4.78 is 0. The van der Waals surface area contributed by atoms with Gasteiger partial charge < -0.3 is 10.2 Å². The number of nitrogens with one attached hydrogen (secondary N) is 1. The number of amides is 1. The molecule has 0 spiro atoms. The van der Waals surface area contributed by atoms with Gasteiger partial charge in [0.25, 0.3) is 17.3 Å². The fourth-order valence-corrected chi connectivity index (χ4v) is 1.91. The number of benzene rings is 1. The van der Waals surface area contributed by atoms with Gasteiger partial charge in [0.05, 0.1) is 33.7 Å². The van der Waals surface area contributed by atoms with Crippen molar-refractivity contribution in [2.45, 2.75) is 6.54 Å². The Morgan fingerprint density at radius 1 is 1.16 bits per heavy atom. The molecule has 0 atom stereocenters. The van der Waals surface area contributed by atoms with E-state index in [0.717, 1.165) is 18.2 Å². The lowest BCUT2D eigenvalue weighted by atomic mass is 10.1. The summed E-state index contributed by atoms with van der Waals surface area (Å²) in [5.41, 5.74) is -0.720. The zero-order valence-corrected chi connectivity index (χ0v) is 13.4. The van der Waals surface area contributed by atoms with E-state index in [4.69, 9.17) is 0 Å². The van der Waals surface area contributed by atoms with Crippen molar-refractivity contribution in [1.29, 1.82) is 0 Å². The summed E-state index contributed by atoms with van der Waals surface area (Å²) in [5.74, 6) is -0.227. The van der Waals surface area contributed by atoms with Crippen LogP contribution in [0, 0.1) is 20.2 Å². The highest BCUT2D eigenvalue weighted by Crippen LogP contribution is 2.22. The third-order valence-corrected chi connectivity index (χ3v) is 3.12. The van der Waals surface area contributed by atoms with Gasteiger partial charge in [-0.2, -0.15) is 0 Å². The minimum Gasteiger partial charge on any atom is -0.347 e. The molecule has 0 aliphatic heterocycles. The van der Waals surface area contributed by atoms with Crippen molar-refractivity contribution in [3.8, 4) is 0 Å². The van der Waals surface area contributed by atoms with E-state index >= 15 is 0 Å². The summed E-state index contributed by atoms with van der Waals surface area (Å²) in [5, 5.41) is 24.2. The molecule has 0 aliphatic rings. The highest BCUT2D eigenvalue weighted by molar-refractivity contribution is 5.95. The average Bonchev–Trinajstić information content (AvgIpc) is 2.59. The molecule has 0 fully saturated rings. The van der Waals surface area contributed by atoms with Gasteiger partial charge in [-0.05, 0) is 6.07 Å². The Bertz CT molecular complexity index is 806. The van der Waals surface area contributed by atoms with E-state index in [-0.39, 0.29) is 12.1 Å². The Labute approximate surface area is 141 Å². The summed E-state index contributed by atoms with van der Waals surface area (Å²) in [4.78, 5) is 42.3. The first-order valence-electron chi connectivity index (χ1n) is 6.99. The number of rotatable bonds is 6. The number of carbonyl (C=O) groups is 1. The average molecular weight is 346 g/mol. The molecule has 1 heterocycles. The lowest BCUT2D eigenvalue weighted by molar-refractivity contribution is -0.394. The summed E-state index contributed by atoms with van der Waals surface area (Å²) in [6, 6.07) is 4.36. The molecule has 0 saturated carbocycles. The second-order valence-corrected chi connectivity index (χ2v) is 5.18. The lowest BCUT2D eigenvalue weighted by Gasteiger charge is -2.11. The molecule has 0 radical (unpaired) electrons. The van der Waals surface area contributed by atoms with Gasteiger partial charge in [0.15, 0.2) is 0 Å². The number of aromatic nitrogens is 2. The van der Waals surface area contributed by atoms with Crippen LogP contribution in [0.1, 0.15) is 16.1 Å². The molecule has 11 nitrogen and oxygen atoms in total. The molecule has 0 bridgehead atoms. The lowest BCUT2D eigenvalue weighted by Crippen LogP contribution is -2.24. The molecule has 25 heavy (non-hydrogen) atoms. The van der Waals surface area contributed by atoms with Crippen molar-refractivity contribution in [3.63, 3.8) is 0 Å². The van der Waals surface area contributed by atoms with Crippen LogP contribution in [-0.2, 0) is 6.54 Å². The predicted octanol–water partition coefficient (Wildman–Crippen LogP) is 1.29. The van der Waals surface area contributed by atoms with Crippen LogP contribution in [0.25, 0.3) is 0 Å². The Hall–Kier alpha value is -3.63. The van der Waals surface area contributed by atoms with Crippen molar-refractivity contribution >= 4 is 23.2 Å². The number of nitrogens with zero attached hydrogens (tertiary/aromatic N) is 5. The highest BCUT2D eigenvalue weighted by Gasteiger charge is 2.19. The topological polar surface area (TPSA) is 144 Å². The Kier molecular flexibility index (Phi) is 5.17. The van der Waals surface area contributed by atoms with Crippen LogP contribution in [0.3, 0.4) is 0 Å². The number of non-ortho nitro benzene ring substituents is 2. The van der Waals surface area contributed by atoms with Gasteiger partial charge in [-0.3, -0.25) is 25.0 Å². The maximum absolute atomic E-state index is 12.2. The van der Waals surface area contributed by atoms with Gasteiger partial charge in [0, 0.05) is 32.4 Å². The van der Waals surface area contributed by atoms with E-state index in [9.17, 15) is 25.0 Å². The molecular formula is C14H14N6O5. The first kappa shape index (κ1) is 17.7. The van der Waals surface area contributed by atoms with Crippen LogP contribution in [0.5, 0.6) is 0 Å². The number of carbonyl (C=O) groups excluding carboxylic acids is 1. The largest absolute Gasteiger partial charge is 0.347 e. The third-order valence-electron chi connectivity index (χ3n) is 3.12. The van der Waals surface area contributed by atoms with Crippen molar-refractivity contribution < 1.29 is 14.6 Å². The van der Waals surface area contributed by atoms with Crippen molar-refractivity contribution in [2.75, 3.05) is 19.0 Å². The molecule has 0 aliphatic carbocycles. The van der Waals surface area contributed by atoms with E-state index in [1.165, 1.54) is 6.20 Å².